The standard InChI is InChI=1S/C12H16N2O5/c15-8(13-6-10(17)18)7-14-9(16)5-12(11(14)19)3-1-2-4-12/h1-7H2,(H,13,15)(H,17,18). The normalized spacial score (nSPS) is 21.2. The number of carbonyl (C=O) groups is 4. The number of likely N-dealkylation sites (tertiary alicyclic amines) is 1. The highest BCUT2D eigenvalue weighted by atomic mass is 16.4. The average Bonchev–Trinajstić information content (AvgIpc) is 2.89. The van der Waals surface area contributed by atoms with Crippen LogP contribution in [0.5, 0.6) is 0 Å². The molecular weight excluding hydrogens is 252 g/mol. The van der Waals surface area contributed by atoms with Crippen molar-refractivity contribution in [3.63, 3.8) is 0 Å². The zero-order valence-electron chi connectivity index (χ0n) is 10.5. The van der Waals surface area contributed by atoms with E-state index in [2.05, 4.69) is 5.32 Å². The Hall–Kier alpha value is -1.92. The number of imide groups is 1. The Morgan fingerprint density at radius 2 is 1.89 bits per heavy atom. The van der Waals surface area contributed by atoms with E-state index in [1.807, 2.05) is 0 Å². The van der Waals surface area contributed by atoms with Crippen molar-refractivity contribution >= 4 is 23.7 Å². The number of amides is 3. The van der Waals surface area contributed by atoms with Crippen LogP contribution in [-0.4, -0.2) is 46.8 Å². The number of carboxylic acid groups (broad SMARTS) is 1. The van der Waals surface area contributed by atoms with Gasteiger partial charge in [0.1, 0.15) is 13.1 Å². The first-order valence-corrected chi connectivity index (χ1v) is 6.28. The Bertz CT molecular complexity index is 439. The lowest BCUT2D eigenvalue weighted by molar-refractivity contribution is -0.145. The molecule has 0 bridgehead atoms. The molecule has 2 fully saturated rings. The Labute approximate surface area is 109 Å². The Morgan fingerprint density at radius 1 is 1.26 bits per heavy atom. The van der Waals surface area contributed by atoms with Crippen LogP contribution in [0.1, 0.15) is 32.1 Å². The van der Waals surface area contributed by atoms with E-state index in [-0.39, 0.29) is 24.8 Å². The van der Waals surface area contributed by atoms with Gasteiger partial charge in [-0.15, -0.1) is 0 Å². The molecule has 2 rings (SSSR count). The molecule has 0 aromatic carbocycles. The number of carbonyl (C=O) groups excluding carboxylic acids is 3. The van der Waals surface area contributed by atoms with Crippen molar-refractivity contribution < 1.29 is 24.3 Å². The summed E-state index contributed by atoms with van der Waals surface area (Å²) in [5.74, 6) is -2.41. The fourth-order valence-corrected chi connectivity index (χ4v) is 2.84. The summed E-state index contributed by atoms with van der Waals surface area (Å²) in [6.45, 7) is -0.896. The number of carboxylic acids is 1. The molecule has 1 saturated heterocycles. The third-order valence-electron chi connectivity index (χ3n) is 3.79. The minimum absolute atomic E-state index is 0.179. The van der Waals surface area contributed by atoms with Crippen LogP contribution in [0.15, 0.2) is 0 Å². The molecular formula is C12H16N2O5. The van der Waals surface area contributed by atoms with E-state index in [4.69, 9.17) is 5.11 Å². The van der Waals surface area contributed by atoms with Gasteiger partial charge in [-0.1, -0.05) is 12.8 Å². The Kier molecular flexibility index (Phi) is 3.55. The van der Waals surface area contributed by atoms with Crippen LogP contribution in [0.2, 0.25) is 0 Å². The molecule has 1 saturated carbocycles. The van der Waals surface area contributed by atoms with Crippen molar-refractivity contribution in [2.75, 3.05) is 13.1 Å². The monoisotopic (exact) mass is 268 g/mol. The molecule has 0 radical (unpaired) electrons. The van der Waals surface area contributed by atoms with E-state index in [9.17, 15) is 19.2 Å². The first kappa shape index (κ1) is 13.5. The lowest BCUT2D eigenvalue weighted by Gasteiger charge is -2.20. The van der Waals surface area contributed by atoms with Gasteiger partial charge in [-0.25, -0.2) is 0 Å². The number of nitrogens with one attached hydrogen (secondary N) is 1. The molecule has 1 heterocycles. The minimum atomic E-state index is -1.17. The molecule has 19 heavy (non-hydrogen) atoms. The van der Waals surface area contributed by atoms with Crippen molar-refractivity contribution in [1.29, 1.82) is 0 Å². The van der Waals surface area contributed by atoms with E-state index in [0.29, 0.717) is 12.8 Å². The predicted molar refractivity (Wildman–Crippen MR) is 62.9 cm³/mol. The summed E-state index contributed by atoms with van der Waals surface area (Å²) in [5.41, 5.74) is -0.593. The van der Waals surface area contributed by atoms with Crippen LogP contribution >= 0.6 is 0 Å². The topological polar surface area (TPSA) is 104 Å². The molecule has 0 aromatic rings. The van der Waals surface area contributed by atoms with Crippen LogP contribution in [0.4, 0.5) is 0 Å². The number of aliphatic carboxylic acids is 1. The predicted octanol–water partition coefficient (Wildman–Crippen LogP) is -0.494. The number of rotatable bonds is 4. The van der Waals surface area contributed by atoms with Crippen LogP contribution < -0.4 is 5.32 Å². The van der Waals surface area contributed by atoms with Gasteiger partial charge >= 0.3 is 5.97 Å². The molecule has 0 unspecified atom stereocenters. The summed E-state index contributed by atoms with van der Waals surface area (Å²) in [5, 5.41) is 10.6. The van der Waals surface area contributed by atoms with Crippen LogP contribution in [0.3, 0.4) is 0 Å². The second kappa shape index (κ2) is 4.99. The number of nitrogens with zero attached hydrogens (tertiary/aromatic N) is 1. The first-order valence-electron chi connectivity index (χ1n) is 6.28. The molecule has 7 heteroatoms. The summed E-state index contributed by atoms with van der Waals surface area (Å²) in [7, 11) is 0. The van der Waals surface area contributed by atoms with Crippen molar-refractivity contribution in [2.45, 2.75) is 32.1 Å². The van der Waals surface area contributed by atoms with Gasteiger partial charge in [0, 0.05) is 6.42 Å². The zero-order chi connectivity index (χ0) is 14.0. The Balaban J connectivity index is 1.97. The molecule has 104 valence electrons. The highest BCUT2D eigenvalue weighted by Crippen LogP contribution is 2.46. The maximum atomic E-state index is 12.2. The Morgan fingerprint density at radius 3 is 2.47 bits per heavy atom. The SMILES string of the molecule is O=C(O)CNC(=O)CN1C(=O)CC2(CCCC2)C1=O. The van der Waals surface area contributed by atoms with Crippen LogP contribution in [0.25, 0.3) is 0 Å². The summed E-state index contributed by atoms with van der Waals surface area (Å²) in [6.07, 6.45) is 3.43. The molecule has 1 aliphatic heterocycles. The van der Waals surface area contributed by atoms with Crippen molar-refractivity contribution in [3.05, 3.63) is 0 Å². The fraction of sp³-hybridized carbons (Fsp3) is 0.667. The fourth-order valence-electron chi connectivity index (χ4n) is 2.84. The van der Waals surface area contributed by atoms with Crippen molar-refractivity contribution in [1.82, 2.24) is 10.2 Å². The van der Waals surface area contributed by atoms with Gasteiger partial charge in [-0.05, 0) is 12.8 Å². The van der Waals surface area contributed by atoms with E-state index >= 15 is 0 Å². The third-order valence-corrected chi connectivity index (χ3v) is 3.79. The van der Waals surface area contributed by atoms with E-state index in [0.717, 1.165) is 17.7 Å². The minimum Gasteiger partial charge on any atom is -0.480 e. The maximum absolute atomic E-state index is 12.2. The van der Waals surface area contributed by atoms with Crippen molar-refractivity contribution in [2.24, 2.45) is 5.41 Å². The summed E-state index contributed by atoms with van der Waals surface area (Å²) >= 11 is 0. The molecule has 0 aromatic heterocycles. The summed E-state index contributed by atoms with van der Waals surface area (Å²) in [4.78, 5) is 46.8. The number of hydrogen-bond acceptors (Lipinski definition) is 4. The molecule has 3 amide bonds. The number of hydrogen-bond donors (Lipinski definition) is 2. The summed E-state index contributed by atoms with van der Waals surface area (Å²) < 4.78 is 0. The highest BCUT2D eigenvalue weighted by Gasteiger charge is 2.52. The van der Waals surface area contributed by atoms with E-state index in [1.165, 1.54) is 0 Å². The average molecular weight is 268 g/mol. The highest BCUT2D eigenvalue weighted by molar-refractivity contribution is 6.08. The van der Waals surface area contributed by atoms with Gasteiger partial charge in [-0.2, -0.15) is 0 Å². The maximum Gasteiger partial charge on any atom is 0.322 e. The van der Waals surface area contributed by atoms with Gasteiger partial charge in [0.25, 0.3) is 0 Å². The first-order chi connectivity index (χ1) is 8.94. The molecule has 2 aliphatic rings. The van der Waals surface area contributed by atoms with Gasteiger partial charge in [0.15, 0.2) is 0 Å². The molecule has 1 aliphatic carbocycles. The van der Waals surface area contributed by atoms with Gasteiger partial charge in [0.05, 0.1) is 5.41 Å². The zero-order valence-corrected chi connectivity index (χ0v) is 10.5. The third kappa shape index (κ3) is 2.59. The smallest absolute Gasteiger partial charge is 0.322 e. The van der Waals surface area contributed by atoms with Crippen LogP contribution in [0, 0.1) is 5.41 Å². The van der Waals surface area contributed by atoms with Crippen LogP contribution in [-0.2, 0) is 19.2 Å². The quantitative estimate of drug-likeness (QED) is 0.669. The van der Waals surface area contributed by atoms with Gasteiger partial charge in [-0.3, -0.25) is 24.1 Å². The lowest BCUT2D eigenvalue weighted by atomic mass is 9.84. The molecule has 1 spiro atoms. The second-order valence-electron chi connectivity index (χ2n) is 5.12. The molecule has 0 atom stereocenters. The van der Waals surface area contributed by atoms with E-state index in [1.54, 1.807) is 0 Å². The van der Waals surface area contributed by atoms with Gasteiger partial charge < -0.3 is 10.4 Å². The largest absolute Gasteiger partial charge is 0.480 e. The second-order valence-corrected chi connectivity index (χ2v) is 5.12. The van der Waals surface area contributed by atoms with E-state index < -0.39 is 23.8 Å². The molecule has 2 N–H and O–H groups in total. The van der Waals surface area contributed by atoms with Crippen molar-refractivity contribution in [3.8, 4) is 0 Å². The molecule has 7 nitrogen and oxygen atoms in total. The summed E-state index contributed by atoms with van der Waals surface area (Å²) in [6, 6.07) is 0. The lowest BCUT2D eigenvalue weighted by Crippen LogP contribution is -2.43. The van der Waals surface area contributed by atoms with Gasteiger partial charge in [0.2, 0.25) is 17.7 Å².